The third-order valence-corrected chi connectivity index (χ3v) is 4.24. The molecule has 4 heteroatoms. The third kappa shape index (κ3) is 4.80. The molecule has 0 bridgehead atoms. The summed E-state index contributed by atoms with van der Waals surface area (Å²) in [4.78, 5) is 13.1. The molecule has 0 saturated carbocycles. The number of benzene rings is 2. The maximum Gasteiger partial charge on any atom is 0.252 e. The standard InChI is InChI=1S/C17H18ClNOS/c1-21-16-7-3-2-6-15(16)17(20)19-12-4-5-13-8-10-14(18)11-9-13/h2-3,6-11H,4-5,12H2,1H3,(H,19,20). The average molecular weight is 320 g/mol. The van der Waals surface area contributed by atoms with Crippen molar-refractivity contribution in [2.45, 2.75) is 17.7 Å². The molecule has 0 fully saturated rings. The minimum absolute atomic E-state index is 0.00365. The largest absolute Gasteiger partial charge is 0.352 e. The van der Waals surface area contributed by atoms with Crippen LogP contribution in [0.2, 0.25) is 5.02 Å². The van der Waals surface area contributed by atoms with E-state index in [-0.39, 0.29) is 5.91 Å². The van der Waals surface area contributed by atoms with E-state index in [1.165, 1.54) is 5.56 Å². The van der Waals surface area contributed by atoms with Crippen molar-refractivity contribution in [3.63, 3.8) is 0 Å². The molecule has 0 aliphatic heterocycles. The fourth-order valence-electron chi connectivity index (χ4n) is 2.07. The number of hydrogen-bond acceptors (Lipinski definition) is 2. The molecule has 2 rings (SSSR count). The quantitative estimate of drug-likeness (QED) is 0.630. The molecule has 0 heterocycles. The number of carbonyl (C=O) groups is 1. The summed E-state index contributed by atoms with van der Waals surface area (Å²) in [7, 11) is 0. The van der Waals surface area contributed by atoms with Crippen LogP contribution in [0.4, 0.5) is 0 Å². The Morgan fingerprint density at radius 3 is 2.57 bits per heavy atom. The van der Waals surface area contributed by atoms with Crippen LogP contribution in [0.3, 0.4) is 0 Å². The van der Waals surface area contributed by atoms with E-state index in [0.717, 1.165) is 28.3 Å². The average Bonchev–Trinajstić information content (AvgIpc) is 2.53. The van der Waals surface area contributed by atoms with E-state index in [4.69, 9.17) is 11.6 Å². The van der Waals surface area contributed by atoms with E-state index in [2.05, 4.69) is 5.32 Å². The molecule has 2 aromatic rings. The zero-order valence-corrected chi connectivity index (χ0v) is 13.5. The highest BCUT2D eigenvalue weighted by molar-refractivity contribution is 7.98. The van der Waals surface area contributed by atoms with Crippen LogP contribution in [0.25, 0.3) is 0 Å². The monoisotopic (exact) mass is 319 g/mol. The Bertz CT molecular complexity index is 598. The molecule has 1 N–H and O–H groups in total. The second-order valence-electron chi connectivity index (χ2n) is 4.69. The Kier molecular flexibility index (Phi) is 6.15. The molecule has 0 atom stereocenters. The summed E-state index contributed by atoms with van der Waals surface area (Å²) in [5.74, 6) is -0.00365. The van der Waals surface area contributed by atoms with Gasteiger partial charge in [0.05, 0.1) is 5.56 Å². The van der Waals surface area contributed by atoms with Crippen LogP contribution in [0.15, 0.2) is 53.4 Å². The van der Waals surface area contributed by atoms with Gasteiger partial charge in [0, 0.05) is 16.5 Å². The van der Waals surface area contributed by atoms with Gasteiger partial charge >= 0.3 is 0 Å². The molecule has 1 amide bonds. The first-order valence-electron chi connectivity index (χ1n) is 6.86. The summed E-state index contributed by atoms with van der Waals surface area (Å²) in [6.07, 6.45) is 3.82. The predicted molar refractivity (Wildman–Crippen MR) is 90.3 cm³/mol. The normalized spacial score (nSPS) is 10.4. The number of thioether (sulfide) groups is 1. The van der Waals surface area contributed by atoms with Gasteiger partial charge in [-0.05, 0) is 48.9 Å². The van der Waals surface area contributed by atoms with Crippen LogP contribution in [0, 0.1) is 0 Å². The molecule has 0 aromatic heterocycles. The highest BCUT2D eigenvalue weighted by atomic mass is 35.5. The second kappa shape index (κ2) is 8.11. The van der Waals surface area contributed by atoms with Gasteiger partial charge < -0.3 is 5.32 Å². The molecule has 21 heavy (non-hydrogen) atoms. The number of amides is 1. The summed E-state index contributed by atoms with van der Waals surface area (Å²) >= 11 is 7.44. The van der Waals surface area contributed by atoms with E-state index in [0.29, 0.717) is 6.54 Å². The van der Waals surface area contributed by atoms with Gasteiger partial charge in [-0.25, -0.2) is 0 Å². The first-order valence-corrected chi connectivity index (χ1v) is 8.46. The van der Waals surface area contributed by atoms with E-state index >= 15 is 0 Å². The van der Waals surface area contributed by atoms with Gasteiger partial charge in [0.2, 0.25) is 0 Å². The zero-order valence-electron chi connectivity index (χ0n) is 11.9. The van der Waals surface area contributed by atoms with Crippen molar-refractivity contribution in [1.82, 2.24) is 5.32 Å². The van der Waals surface area contributed by atoms with E-state index in [9.17, 15) is 4.79 Å². The van der Waals surface area contributed by atoms with Crippen molar-refractivity contribution in [2.24, 2.45) is 0 Å². The van der Waals surface area contributed by atoms with Crippen molar-refractivity contribution in [3.05, 3.63) is 64.7 Å². The van der Waals surface area contributed by atoms with Crippen LogP contribution in [-0.4, -0.2) is 18.7 Å². The molecule has 0 radical (unpaired) electrons. The lowest BCUT2D eigenvalue weighted by molar-refractivity contribution is 0.0950. The number of aryl methyl sites for hydroxylation is 1. The highest BCUT2D eigenvalue weighted by Gasteiger charge is 2.09. The molecule has 2 nitrogen and oxygen atoms in total. The fraction of sp³-hybridized carbons (Fsp3) is 0.235. The van der Waals surface area contributed by atoms with Crippen LogP contribution < -0.4 is 5.32 Å². The molecule has 0 aliphatic rings. The molecule has 0 spiro atoms. The Labute approximate surface area is 134 Å². The first-order chi connectivity index (χ1) is 10.2. The van der Waals surface area contributed by atoms with Gasteiger partial charge in [0.25, 0.3) is 5.91 Å². The third-order valence-electron chi connectivity index (χ3n) is 3.19. The van der Waals surface area contributed by atoms with Crippen LogP contribution in [-0.2, 0) is 6.42 Å². The minimum Gasteiger partial charge on any atom is -0.352 e. The first kappa shape index (κ1) is 15.9. The van der Waals surface area contributed by atoms with E-state index in [1.807, 2.05) is 54.8 Å². The molecule has 0 saturated heterocycles. The summed E-state index contributed by atoms with van der Waals surface area (Å²) in [5, 5.41) is 3.73. The Morgan fingerprint density at radius 2 is 1.86 bits per heavy atom. The molecule has 0 aliphatic carbocycles. The lowest BCUT2D eigenvalue weighted by Crippen LogP contribution is -2.25. The molecule has 2 aromatic carbocycles. The van der Waals surface area contributed by atoms with Gasteiger partial charge in [-0.2, -0.15) is 0 Å². The van der Waals surface area contributed by atoms with Gasteiger partial charge in [-0.1, -0.05) is 35.9 Å². The smallest absolute Gasteiger partial charge is 0.252 e. The van der Waals surface area contributed by atoms with E-state index in [1.54, 1.807) is 11.8 Å². The molecular formula is C17H18ClNOS. The van der Waals surface area contributed by atoms with Gasteiger partial charge in [-0.15, -0.1) is 11.8 Å². The second-order valence-corrected chi connectivity index (χ2v) is 5.97. The van der Waals surface area contributed by atoms with Gasteiger partial charge in [0.15, 0.2) is 0 Å². The Morgan fingerprint density at radius 1 is 1.14 bits per heavy atom. The van der Waals surface area contributed by atoms with Gasteiger partial charge in [-0.3, -0.25) is 4.79 Å². The van der Waals surface area contributed by atoms with Crippen LogP contribution in [0.1, 0.15) is 22.3 Å². The number of halogens is 1. The van der Waals surface area contributed by atoms with Crippen LogP contribution >= 0.6 is 23.4 Å². The molecule has 110 valence electrons. The highest BCUT2D eigenvalue weighted by Crippen LogP contribution is 2.19. The molecule has 0 unspecified atom stereocenters. The maximum atomic E-state index is 12.1. The SMILES string of the molecule is CSc1ccccc1C(=O)NCCCc1ccc(Cl)cc1. The van der Waals surface area contributed by atoms with Crippen molar-refractivity contribution < 1.29 is 4.79 Å². The lowest BCUT2D eigenvalue weighted by atomic mass is 10.1. The van der Waals surface area contributed by atoms with Gasteiger partial charge in [0.1, 0.15) is 0 Å². The van der Waals surface area contributed by atoms with Crippen molar-refractivity contribution in [3.8, 4) is 0 Å². The van der Waals surface area contributed by atoms with Crippen molar-refractivity contribution >= 4 is 29.3 Å². The number of carbonyl (C=O) groups excluding carboxylic acids is 1. The fourth-order valence-corrected chi connectivity index (χ4v) is 2.79. The number of hydrogen-bond donors (Lipinski definition) is 1. The predicted octanol–water partition coefficient (Wildman–Crippen LogP) is 4.42. The summed E-state index contributed by atoms with van der Waals surface area (Å²) in [6, 6.07) is 15.5. The summed E-state index contributed by atoms with van der Waals surface area (Å²) in [6.45, 7) is 0.671. The van der Waals surface area contributed by atoms with Crippen molar-refractivity contribution in [2.75, 3.05) is 12.8 Å². The lowest BCUT2D eigenvalue weighted by Gasteiger charge is -2.08. The van der Waals surface area contributed by atoms with E-state index < -0.39 is 0 Å². The number of rotatable bonds is 6. The maximum absolute atomic E-state index is 12.1. The van der Waals surface area contributed by atoms with Crippen molar-refractivity contribution in [1.29, 1.82) is 0 Å². The Balaban J connectivity index is 1.80. The summed E-state index contributed by atoms with van der Waals surface area (Å²) in [5.41, 5.74) is 1.98. The van der Waals surface area contributed by atoms with Crippen LogP contribution in [0.5, 0.6) is 0 Å². The Hall–Kier alpha value is -1.45. The number of nitrogens with one attached hydrogen (secondary N) is 1. The topological polar surface area (TPSA) is 29.1 Å². The summed E-state index contributed by atoms with van der Waals surface area (Å²) < 4.78 is 0. The zero-order chi connectivity index (χ0) is 15.1. The minimum atomic E-state index is -0.00365. The molecular weight excluding hydrogens is 302 g/mol.